The summed E-state index contributed by atoms with van der Waals surface area (Å²) in [4.78, 5) is 2.08. The largest absolute Gasteiger partial charge is 0.492 e. The van der Waals surface area contributed by atoms with Gasteiger partial charge in [-0.1, -0.05) is 13.0 Å². The molecule has 0 bridgehead atoms. The Hall–Kier alpha value is -1.26. The molecule has 1 aliphatic heterocycles. The van der Waals surface area contributed by atoms with Crippen molar-refractivity contribution in [1.29, 1.82) is 0 Å². The maximum Gasteiger partial charge on any atom is 0.121 e. The molecule has 1 aromatic rings. The van der Waals surface area contributed by atoms with Crippen molar-refractivity contribution < 1.29 is 9.47 Å². The fraction of sp³-hybridized carbons (Fsp3) is 0.625. The molecule has 112 valence electrons. The highest BCUT2D eigenvalue weighted by Crippen LogP contribution is 2.21. The molecule has 1 N–H and O–H groups in total. The van der Waals surface area contributed by atoms with Crippen molar-refractivity contribution in [2.45, 2.75) is 19.4 Å². The third-order valence-electron chi connectivity index (χ3n) is 3.76. The molecule has 1 saturated heterocycles. The molecule has 0 radical (unpaired) electrons. The lowest BCUT2D eigenvalue weighted by atomic mass is 10.00. The van der Waals surface area contributed by atoms with E-state index in [2.05, 4.69) is 29.3 Å². The SMILES string of the molecule is CCNC(COc1cccc(N(C)C)c1)C1CCOC1. The van der Waals surface area contributed by atoms with Crippen molar-refractivity contribution in [3.8, 4) is 5.75 Å². The van der Waals surface area contributed by atoms with E-state index < -0.39 is 0 Å². The minimum atomic E-state index is 0.366. The fourth-order valence-corrected chi connectivity index (χ4v) is 2.53. The Kier molecular flexibility index (Phi) is 5.68. The summed E-state index contributed by atoms with van der Waals surface area (Å²) in [7, 11) is 4.08. The van der Waals surface area contributed by atoms with E-state index in [0.717, 1.165) is 37.6 Å². The first kappa shape index (κ1) is 15.1. The van der Waals surface area contributed by atoms with Gasteiger partial charge in [0.2, 0.25) is 0 Å². The third kappa shape index (κ3) is 4.12. The summed E-state index contributed by atoms with van der Waals surface area (Å²) in [5, 5.41) is 3.52. The molecule has 4 heteroatoms. The zero-order valence-corrected chi connectivity index (χ0v) is 12.8. The molecule has 1 fully saturated rings. The summed E-state index contributed by atoms with van der Waals surface area (Å²) in [6.07, 6.45) is 1.12. The zero-order valence-electron chi connectivity index (χ0n) is 12.8. The number of hydrogen-bond donors (Lipinski definition) is 1. The summed E-state index contributed by atoms with van der Waals surface area (Å²) < 4.78 is 11.5. The van der Waals surface area contributed by atoms with Crippen LogP contribution < -0.4 is 15.0 Å². The molecule has 2 unspecified atom stereocenters. The first-order chi connectivity index (χ1) is 9.70. The van der Waals surface area contributed by atoms with Gasteiger partial charge in [-0.3, -0.25) is 0 Å². The Balaban J connectivity index is 1.92. The van der Waals surface area contributed by atoms with E-state index in [1.807, 2.05) is 26.2 Å². The number of rotatable bonds is 7. The highest BCUT2D eigenvalue weighted by molar-refractivity contribution is 5.49. The smallest absolute Gasteiger partial charge is 0.121 e. The van der Waals surface area contributed by atoms with Crippen LogP contribution in [0.2, 0.25) is 0 Å². The van der Waals surface area contributed by atoms with E-state index in [-0.39, 0.29) is 0 Å². The number of ether oxygens (including phenoxy) is 2. The Morgan fingerprint density at radius 2 is 2.30 bits per heavy atom. The molecule has 2 rings (SSSR count). The Bertz CT molecular complexity index is 403. The molecule has 2 atom stereocenters. The van der Waals surface area contributed by atoms with E-state index in [9.17, 15) is 0 Å². The van der Waals surface area contributed by atoms with Gasteiger partial charge in [0.1, 0.15) is 12.4 Å². The maximum absolute atomic E-state index is 5.98. The monoisotopic (exact) mass is 278 g/mol. The lowest BCUT2D eigenvalue weighted by Gasteiger charge is -2.23. The number of hydrogen-bond acceptors (Lipinski definition) is 4. The fourth-order valence-electron chi connectivity index (χ4n) is 2.53. The van der Waals surface area contributed by atoms with Gasteiger partial charge in [-0.2, -0.15) is 0 Å². The number of anilines is 1. The van der Waals surface area contributed by atoms with Gasteiger partial charge in [0.25, 0.3) is 0 Å². The first-order valence-corrected chi connectivity index (χ1v) is 7.42. The van der Waals surface area contributed by atoms with Crippen LogP contribution in [0.25, 0.3) is 0 Å². The average Bonchev–Trinajstić information content (AvgIpc) is 2.97. The van der Waals surface area contributed by atoms with Crippen molar-refractivity contribution in [3.05, 3.63) is 24.3 Å². The number of nitrogens with zero attached hydrogens (tertiary/aromatic N) is 1. The van der Waals surface area contributed by atoms with E-state index in [0.29, 0.717) is 18.6 Å². The van der Waals surface area contributed by atoms with Crippen molar-refractivity contribution >= 4 is 5.69 Å². The van der Waals surface area contributed by atoms with Crippen molar-refractivity contribution in [2.75, 3.05) is 45.4 Å². The second-order valence-electron chi connectivity index (χ2n) is 5.49. The minimum absolute atomic E-state index is 0.366. The van der Waals surface area contributed by atoms with Crippen molar-refractivity contribution in [1.82, 2.24) is 5.32 Å². The zero-order chi connectivity index (χ0) is 14.4. The predicted molar refractivity (Wildman–Crippen MR) is 82.7 cm³/mol. The molecule has 4 nitrogen and oxygen atoms in total. The molecule has 0 saturated carbocycles. The van der Waals surface area contributed by atoms with Crippen LogP contribution in [0, 0.1) is 5.92 Å². The highest BCUT2D eigenvalue weighted by Gasteiger charge is 2.25. The molecule has 0 aliphatic carbocycles. The van der Waals surface area contributed by atoms with Gasteiger partial charge in [0.15, 0.2) is 0 Å². The van der Waals surface area contributed by atoms with E-state index in [1.54, 1.807) is 0 Å². The van der Waals surface area contributed by atoms with Crippen LogP contribution in [0.1, 0.15) is 13.3 Å². The average molecular weight is 278 g/mol. The molecule has 0 amide bonds. The van der Waals surface area contributed by atoms with E-state index in [4.69, 9.17) is 9.47 Å². The molecular weight excluding hydrogens is 252 g/mol. The third-order valence-corrected chi connectivity index (χ3v) is 3.76. The molecule has 0 spiro atoms. The molecule has 1 heterocycles. The summed E-state index contributed by atoms with van der Waals surface area (Å²) in [6.45, 7) is 5.51. The number of likely N-dealkylation sites (N-methyl/N-ethyl adjacent to an activating group) is 1. The molecular formula is C16H26N2O2. The van der Waals surface area contributed by atoms with Crippen molar-refractivity contribution in [3.63, 3.8) is 0 Å². The number of nitrogens with one attached hydrogen (secondary N) is 1. The summed E-state index contributed by atoms with van der Waals surface area (Å²) in [5.74, 6) is 1.49. The second-order valence-corrected chi connectivity index (χ2v) is 5.49. The van der Waals surface area contributed by atoms with Gasteiger partial charge in [-0.05, 0) is 25.1 Å². The molecule has 1 aromatic carbocycles. The molecule has 20 heavy (non-hydrogen) atoms. The Labute approximate surface area is 122 Å². The van der Waals surface area contributed by atoms with Gasteiger partial charge in [-0.25, -0.2) is 0 Å². The maximum atomic E-state index is 5.98. The summed E-state index contributed by atoms with van der Waals surface area (Å²) in [6, 6.07) is 8.57. The van der Waals surface area contributed by atoms with E-state index >= 15 is 0 Å². The lowest BCUT2D eigenvalue weighted by molar-refractivity contribution is 0.161. The molecule has 0 aromatic heterocycles. The van der Waals surface area contributed by atoms with Gasteiger partial charge in [-0.15, -0.1) is 0 Å². The topological polar surface area (TPSA) is 33.7 Å². The highest BCUT2D eigenvalue weighted by atomic mass is 16.5. The lowest BCUT2D eigenvalue weighted by Crippen LogP contribution is -2.41. The van der Waals surface area contributed by atoms with Crippen LogP contribution in [-0.2, 0) is 4.74 Å². The van der Waals surface area contributed by atoms with Crippen LogP contribution in [0.3, 0.4) is 0 Å². The molecule has 1 aliphatic rings. The van der Waals surface area contributed by atoms with Crippen LogP contribution >= 0.6 is 0 Å². The predicted octanol–water partition coefficient (Wildman–Crippen LogP) is 2.15. The van der Waals surface area contributed by atoms with Gasteiger partial charge in [0, 0.05) is 44.4 Å². The summed E-state index contributed by atoms with van der Waals surface area (Å²) in [5.41, 5.74) is 1.16. The summed E-state index contributed by atoms with van der Waals surface area (Å²) >= 11 is 0. The van der Waals surface area contributed by atoms with Crippen LogP contribution in [0.15, 0.2) is 24.3 Å². The van der Waals surface area contributed by atoms with Crippen molar-refractivity contribution in [2.24, 2.45) is 5.92 Å². The normalized spacial score (nSPS) is 19.9. The van der Waals surface area contributed by atoms with Crippen LogP contribution in [0.4, 0.5) is 5.69 Å². The van der Waals surface area contributed by atoms with Gasteiger partial charge in [0.05, 0.1) is 6.61 Å². The quantitative estimate of drug-likeness (QED) is 0.828. The van der Waals surface area contributed by atoms with Gasteiger partial charge >= 0.3 is 0 Å². The number of benzene rings is 1. The van der Waals surface area contributed by atoms with Crippen LogP contribution in [0.5, 0.6) is 5.75 Å². The standard InChI is InChI=1S/C16H26N2O2/c1-4-17-16(13-8-9-19-11-13)12-20-15-7-5-6-14(10-15)18(2)3/h5-7,10,13,16-17H,4,8-9,11-12H2,1-3H3. The Morgan fingerprint density at radius 1 is 1.45 bits per heavy atom. The Morgan fingerprint density at radius 3 is 2.95 bits per heavy atom. The first-order valence-electron chi connectivity index (χ1n) is 7.42. The van der Waals surface area contributed by atoms with Gasteiger partial charge < -0.3 is 19.7 Å². The minimum Gasteiger partial charge on any atom is -0.492 e. The van der Waals surface area contributed by atoms with E-state index in [1.165, 1.54) is 0 Å². The second kappa shape index (κ2) is 7.50. The van der Waals surface area contributed by atoms with Crippen LogP contribution in [-0.4, -0.2) is 46.5 Å².